The van der Waals surface area contributed by atoms with E-state index < -0.39 is 35.8 Å². The fourth-order valence-electron chi connectivity index (χ4n) is 3.09. The first-order chi connectivity index (χ1) is 12.4. The summed E-state index contributed by atoms with van der Waals surface area (Å²) in [7, 11) is -1.72. The predicted molar refractivity (Wildman–Crippen MR) is 91.3 cm³/mol. The van der Waals surface area contributed by atoms with E-state index in [1.807, 2.05) is 0 Å². The summed E-state index contributed by atoms with van der Waals surface area (Å²) in [5.41, 5.74) is -5.16. The number of nitrogens with zero attached hydrogens (tertiary/aromatic N) is 2. The number of alkyl halides is 3. The second-order valence-corrected chi connectivity index (χ2v) is 7.99. The van der Waals surface area contributed by atoms with Crippen LogP contribution in [0.1, 0.15) is 39.7 Å². The number of allylic oxidation sites excluding steroid dienone is 1. The average Bonchev–Trinajstić information content (AvgIpc) is 3.21. The first kappa shape index (κ1) is 20.4. The monoisotopic (exact) mass is 390 g/mol. The zero-order valence-electron chi connectivity index (χ0n) is 15.8. The van der Waals surface area contributed by atoms with Crippen LogP contribution in [-0.4, -0.2) is 47.5 Å². The molecule has 1 aromatic heterocycles. The van der Waals surface area contributed by atoms with E-state index in [1.165, 1.54) is 10.9 Å². The van der Waals surface area contributed by atoms with Crippen molar-refractivity contribution < 1.29 is 31.6 Å². The summed E-state index contributed by atoms with van der Waals surface area (Å²) >= 11 is 0. The number of ether oxygens (including phenoxy) is 1. The Hall–Kier alpha value is -1.39. The lowest BCUT2D eigenvalue weighted by Crippen LogP contribution is -2.41. The minimum absolute atomic E-state index is 0.184. The van der Waals surface area contributed by atoms with Crippen molar-refractivity contribution in [3.63, 3.8) is 0 Å². The lowest BCUT2D eigenvalue weighted by atomic mass is 9.83. The van der Waals surface area contributed by atoms with Gasteiger partial charge in [0.15, 0.2) is 0 Å². The summed E-state index contributed by atoms with van der Waals surface area (Å²) in [6.45, 7) is 8.18. The van der Waals surface area contributed by atoms with Crippen LogP contribution in [0, 0.1) is 5.92 Å². The summed E-state index contributed by atoms with van der Waals surface area (Å²) in [5, 5.41) is 3.96. The second-order valence-electron chi connectivity index (χ2n) is 7.99. The van der Waals surface area contributed by atoms with Crippen molar-refractivity contribution >= 4 is 12.7 Å². The molecule has 2 fully saturated rings. The quantitative estimate of drug-likeness (QED) is 0.580. The maximum Gasteiger partial charge on any atom is 0.525 e. The van der Waals surface area contributed by atoms with Crippen molar-refractivity contribution in [2.75, 3.05) is 13.2 Å². The van der Waals surface area contributed by atoms with Crippen molar-refractivity contribution in [3.05, 3.63) is 23.7 Å². The fraction of sp³-hybridized carbons (Fsp3) is 0.706. The lowest BCUT2D eigenvalue weighted by Gasteiger charge is -2.32. The van der Waals surface area contributed by atoms with Crippen LogP contribution in [0.15, 0.2) is 18.1 Å². The van der Waals surface area contributed by atoms with Gasteiger partial charge in [0.05, 0.1) is 29.6 Å². The first-order valence-electron chi connectivity index (χ1n) is 8.84. The average molecular weight is 390 g/mol. The van der Waals surface area contributed by atoms with Crippen molar-refractivity contribution in [1.29, 1.82) is 0 Å². The van der Waals surface area contributed by atoms with E-state index in [0.717, 1.165) is 12.6 Å². The van der Waals surface area contributed by atoms with Crippen LogP contribution in [0.2, 0.25) is 0 Å². The first-order valence-corrected chi connectivity index (χ1v) is 8.84. The van der Waals surface area contributed by atoms with Gasteiger partial charge in [-0.2, -0.15) is 18.3 Å². The zero-order chi connectivity index (χ0) is 20.0. The van der Waals surface area contributed by atoms with E-state index in [9.17, 15) is 17.6 Å². The minimum atomic E-state index is -4.92. The zero-order valence-corrected chi connectivity index (χ0v) is 15.8. The Balaban J connectivity index is 1.90. The third kappa shape index (κ3) is 4.07. The largest absolute Gasteiger partial charge is 0.525 e. The van der Waals surface area contributed by atoms with Gasteiger partial charge in [-0.15, -0.1) is 0 Å². The number of hydrogen-bond acceptors (Lipinski definition) is 4. The van der Waals surface area contributed by atoms with Crippen molar-refractivity contribution in [2.45, 2.75) is 58.0 Å². The fourth-order valence-corrected chi connectivity index (χ4v) is 3.09. The van der Waals surface area contributed by atoms with Gasteiger partial charge in [-0.05, 0) is 34.1 Å². The molecule has 2 aliphatic heterocycles. The lowest BCUT2D eigenvalue weighted by molar-refractivity contribution is -0.0699. The molecule has 1 atom stereocenters. The molecule has 0 saturated carbocycles. The summed E-state index contributed by atoms with van der Waals surface area (Å²) in [4.78, 5) is 0. The van der Waals surface area contributed by atoms with E-state index in [-0.39, 0.29) is 11.5 Å². The molecule has 10 heteroatoms. The minimum Gasteiger partial charge on any atom is -0.398 e. The summed E-state index contributed by atoms with van der Waals surface area (Å²) in [6.07, 6.45) is -1.88. The molecule has 3 heterocycles. The molecule has 150 valence electrons. The van der Waals surface area contributed by atoms with Crippen LogP contribution in [0.4, 0.5) is 17.6 Å². The molecule has 0 bridgehead atoms. The Morgan fingerprint density at radius 3 is 2.41 bits per heavy atom. The van der Waals surface area contributed by atoms with Gasteiger partial charge in [0.2, 0.25) is 0 Å². The Morgan fingerprint density at radius 2 is 1.89 bits per heavy atom. The van der Waals surface area contributed by atoms with Crippen LogP contribution < -0.4 is 0 Å². The van der Waals surface area contributed by atoms with Crippen molar-refractivity contribution in [1.82, 2.24) is 9.78 Å². The van der Waals surface area contributed by atoms with Crippen LogP contribution >= 0.6 is 0 Å². The topological polar surface area (TPSA) is 45.5 Å². The normalized spacial score (nSPS) is 25.8. The van der Waals surface area contributed by atoms with E-state index in [0.29, 0.717) is 19.8 Å². The van der Waals surface area contributed by atoms with E-state index >= 15 is 0 Å². The Kier molecular flexibility index (Phi) is 5.20. The van der Waals surface area contributed by atoms with Crippen molar-refractivity contribution in [2.24, 2.45) is 5.92 Å². The molecule has 0 radical (unpaired) electrons. The van der Waals surface area contributed by atoms with Gasteiger partial charge < -0.3 is 14.0 Å². The van der Waals surface area contributed by atoms with Crippen LogP contribution in [0.3, 0.4) is 0 Å². The maximum absolute atomic E-state index is 14.9. The smallest absolute Gasteiger partial charge is 0.398 e. The molecular formula is C17H23BF4N2O3. The molecule has 0 amide bonds. The highest BCUT2D eigenvalue weighted by molar-refractivity contribution is 6.55. The second kappa shape index (κ2) is 6.90. The number of halogens is 4. The molecule has 2 aliphatic rings. The summed E-state index contributed by atoms with van der Waals surface area (Å²) in [6, 6.07) is 0. The van der Waals surface area contributed by atoms with Crippen LogP contribution in [-0.2, 0) is 20.6 Å². The molecule has 1 aromatic rings. The Labute approximate surface area is 155 Å². The summed E-state index contributed by atoms with van der Waals surface area (Å²) in [5.74, 6) is 0.184. The molecule has 3 rings (SSSR count). The Morgan fingerprint density at radius 1 is 1.26 bits per heavy atom. The molecule has 1 unspecified atom stereocenters. The highest BCUT2D eigenvalue weighted by atomic mass is 19.4. The molecule has 0 aromatic carbocycles. The highest BCUT2D eigenvalue weighted by Crippen LogP contribution is 2.43. The third-order valence-electron chi connectivity index (χ3n) is 5.37. The molecule has 5 nitrogen and oxygen atoms in total. The molecule has 0 N–H and O–H groups in total. The Bertz CT molecular complexity index is 708. The highest BCUT2D eigenvalue weighted by Gasteiger charge is 2.55. The molecule has 2 saturated heterocycles. The van der Waals surface area contributed by atoms with Crippen LogP contribution in [0.5, 0.6) is 0 Å². The third-order valence-corrected chi connectivity index (χ3v) is 5.37. The van der Waals surface area contributed by atoms with Crippen molar-refractivity contribution in [3.8, 4) is 0 Å². The van der Waals surface area contributed by atoms with E-state index in [1.54, 1.807) is 27.7 Å². The van der Waals surface area contributed by atoms with Gasteiger partial charge >= 0.3 is 13.3 Å². The van der Waals surface area contributed by atoms with Gasteiger partial charge in [-0.3, -0.25) is 4.68 Å². The maximum atomic E-state index is 14.9. The van der Waals surface area contributed by atoms with Gasteiger partial charge in [-0.25, -0.2) is 4.39 Å². The van der Waals surface area contributed by atoms with Gasteiger partial charge in [0, 0.05) is 30.8 Å². The van der Waals surface area contributed by atoms with Gasteiger partial charge in [0.1, 0.15) is 5.73 Å². The van der Waals surface area contributed by atoms with Gasteiger partial charge in [-0.1, -0.05) is 0 Å². The van der Waals surface area contributed by atoms with Gasteiger partial charge in [0.25, 0.3) is 0 Å². The van der Waals surface area contributed by atoms with Crippen LogP contribution in [0.25, 0.3) is 5.57 Å². The number of rotatable bonds is 4. The summed E-state index contributed by atoms with van der Waals surface area (Å²) < 4.78 is 73.4. The molecular weight excluding hydrogens is 367 g/mol. The molecule has 0 spiro atoms. The number of hydrogen-bond donors (Lipinski definition) is 0. The van der Waals surface area contributed by atoms with E-state index in [4.69, 9.17) is 14.0 Å². The molecule has 27 heavy (non-hydrogen) atoms. The number of aromatic nitrogens is 2. The SMILES string of the molecule is CC1(C)OB(C(F)=C(c2cnn(CC3CCOC3)c2)C(F)(F)F)OC1(C)C. The van der Waals surface area contributed by atoms with E-state index in [2.05, 4.69) is 5.10 Å². The predicted octanol–water partition coefficient (Wildman–Crippen LogP) is 3.79. The molecule has 0 aliphatic carbocycles. The standard InChI is InChI=1S/C17H23BF4N2O3/c1-15(2)16(3,4)27-18(26-15)14(19)13(17(20,21)22)12-7-23-24(9-12)8-11-5-6-25-10-11/h7,9,11H,5-6,8,10H2,1-4H3.